The van der Waals surface area contributed by atoms with Crippen LogP contribution in [0, 0.1) is 0 Å². The van der Waals surface area contributed by atoms with Gasteiger partial charge in [0.2, 0.25) is 0 Å². The lowest BCUT2D eigenvalue weighted by Gasteiger charge is -2.05. The standard InChI is InChI=1S/C12H16N2O4/c1-4-18-12-13-6-9(7-14-12)5-10(8-16-2)11(15)17-3/h6-8H,4-5H2,1-3H3/b10-8+. The zero-order chi connectivity index (χ0) is 13.4. The van der Waals surface area contributed by atoms with Gasteiger partial charge in [0.05, 0.1) is 32.7 Å². The minimum atomic E-state index is -0.439. The molecule has 1 aromatic rings. The molecule has 0 amide bonds. The lowest BCUT2D eigenvalue weighted by Crippen LogP contribution is -2.08. The van der Waals surface area contributed by atoms with Crippen molar-refractivity contribution in [2.45, 2.75) is 13.3 Å². The molecular weight excluding hydrogens is 236 g/mol. The summed E-state index contributed by atoms with van der Waals surface area (Å²) in [6.45, 7) is 2.37. The molecule has 0 aliphatic heterocycles. The molecule has 1 heterocycles. The van der Waals surface area contributed by atoms with E-state index in [2.05, 4.69) is 14.7 Å². The summed E-state index contributed by atoms with van der Waals surface area (Å²) in [4.78, 5) is 19.5. The summed E-state index contributed by atoms with van der Waals surface area (Å²) in [6, 6.07) is 0.316. The Morgan fingerprint density at radius 3 is 2.50 bits per heavy atom. The second-order valence-electron chi connectivity index (χ2n) is 3.35. The number of aromatic nitrogens is 2. The van der Waals surface area contributed by atoms with E-state index >= 15 is 0 Å². The van der Waals surface area contributed by atoms with Crippen molar-refractivity contribution < 1.29 is 19.0 Å². The number of hydrogen-bond acceptors (Lipinski definition) is 6. The molecule has 6 heteroatoms. The van der Waals surface area contributed by atoms with Crippen LogP contribution >= 0.6 is 0 Å². The van der Waals surface area contributed by atoms with Crippen LogP contribution in [0.2, 0.25) is 0 Å². The summed E-state index contributed by atoms with van der Waals surface area (Å²) in [7, 11) is 2.79. The maximum atomic E-state index is 11.4. The van der Waals surface area contributed by atoms with Crippen LogP contribution in [0.3, 0.4) is 0 Å². The zero-order valence-electron chi connectivity index (χ0n) is 10.7. The molecule has 18 heavy (non-hydrogen) atoms. The lowest BCUT2D eigenvalue weighted by molar-refractivity contribution is -0.136. The Hall–Kier alpha value is -2.11. The van der Waals surface area contributed by atoms with Gasteiger partial charge in [-0.05, 0) is 12.5 Å². The first kappa shape index (κ1) is 14.0. The fraction of sp³-hybridized carbons (Fsp3) is 0.417. The molecule has 1 aromatic heterocycles. The highest BCUT2D eigenvalue weighted by molar-refractivity contribution is 5.88. The molecule has 0 radical (unpaired) electrons. The van der Waals surface area contributed by atoms with E-state index in [0.29, 0.717) is 24.6 Å². The number of nitrogens with zero attached hydrogens (tertiary/aromatic N) is 2. The van der Waals surface area contributed by atoms with Crippen LogP contribution in [0.15, 0.2) is 24.2 Å². The van der Waals surface area contributed by atoms with Crippen molar-refractivity contribution in [3.63, 3.8) is 0 Å². The molecule has 0 saturated carbocycles. The van der Waals surface area contributed by atoms with Crippen molar-refractivity contribution in [2.24, 2.45) is 0 Å². The fourth-order valence-electron chi connectivity index (χ4n) is 1.29. The number of methoxy groups -OCH3 is 2. The molecule has 0 aliphatic carbocycles. The third kappa shape index (κ3) is 4.04. The highest BCUT2D eigenvalue weighted by Gasteiger charge is 2.11. The number of carbonyl (C=O) groups excluding carboxylic acids is 1. The second-order valence-corrected chi connectivity index (χ2v) is 3.35. The van der Waals surface area contributed by atoms with Gasteiger partial charge in [-0.1, -0.05) is 0 Å². The number of ether oxygens (including phenoxy) is 3. The SMILES string of the molecule is CCOc1ncc(C/C(=C\OC)C(=O)OC)cn1. The highest BCUT2D eigenvalue weighted by Crippen LogP contribution is 2.10. The van der Waals surface area contributed by atoms with Crippen molar-refractivity contribution in [3.8, 4) is 6.01 Å². The van der Waals surface area contributed by atoms with E-state index in [1.54, 1.807) is 12.4 Å². The predicted molar refractivity (Wildman–Crippen MR) is 64.0 cm³/mol. The van der Waals surface area contributed by atoms with Gasteiger partial charge in [-0.3, -0.25) is 0 Å². The molecule has 98 valence electrons. The highest BCUT2D eigenvalue weighted by atomic mass is 16.5. The van der Waals surface area contributed by atoms with E-state index in [1.807, 2.05) is 6.92 Å². The zero-order valence-corrected chi connectivity index (χ0v) is 10.7. The topological polar surface area (TPSA) is 70.5 Å². The van der Waals surface area contributed by atoms with Crippen molar-refractivity contribution in [3.05, 3.63) is 29.8 Å². The van der Waals surface area contributed by atoms with Gasteiger partial charge in [0.1, 0.15) is 0 Å². The first-order chi connectivity index (χ1) is 8.71. The van der Waals surface area contributed by atoms with E-state index in [0.717, 1.165) is 5.56 Å². The van der Waals surface area contributed by atoms with E-state index in [4.69, 9.17) is 9.47 Å². The summed E-state index contributed by atoms with van der Waals surface area (Å²) in [5, 5.41) is 0. The van der Waals surface area contributed by atoms with Crippen LogP contribution in [-0.2, 0) is 20.7 Å². The molecule has 0 N–H and O–H groups in total. The molecular formula is C12H16N2O4. The Bertz CT molecular complexity index is 415. The number of esters is 1. The van der Waals surface area contributed by atoms with Crippen molar-refractivity contribution in [1.82, 2.24) is 9.97 Å². The average Bonchev–Trinajstić information content (AvgIpc) is 2.40. The van der Waals surface area contributed by atoms with Crippen molar-refractivity contribution in [2.75, 3.05) is 20.8 Å². The third-order valence-electron chi connectivity index (χ3n) is 2.06. The van der Waals surface area contributed by atoms with Crippen LogP contribution in [0.25, 0.3) is 0 Å². The quantitative estimate of drug-likeness (QED) is 0.429. The fourth-order valence-corrected chi connectivity index (χ4v) is 1.29. The predicted octanol–water partition coefficient (Wildman–Crippen LogP) is 1.12. The molecule has 0 aromatic carbocycles. The molecule has 0 saturated heterocycles. The van der Waals surface area contributed by atoms with Gasteiger partial charge in [0, 0.05) is 18.8 Å². The van der Waals surface area contributed by atoms with Gasteiger partial charge >= 0.3 is 12.0 Å². The molecule has 0 atom stereocenters. The summed E-state index contributed by atoms with van der Waals surface area (Å²) < 4.78 is 14.6. The van der Waals surface area contributed by atoms with Gasteiger partial charge < -0.3 is 14.2 Å². The molecule has 0 bridgehead atoms. The maximum absolute atomic E-state index is 11.4. The van der Waals surface area contributed by atoms with Gasteiger partial charge in [0.15, 0.2) is 0 Å². The minimum Gasteiger partial charge on any atom is -0.504 e. The van der Waals surface area contributed by atoms with Crippen molar-refractivity contribution >= 4 is 5.97 Å². The van der Waals surface area contributed by atoms with Crippen molar-refractivity contribution in [1.29, 1.82) is 0 Å². The molecule has 0 unspecified atom stereocenters. The number of rotatable bonds is 6. The first-order valence-corrected chi connectivity index (χ1v) is 5.45. The number of carbonyl (C=O) groups is 1. The van der Waals surface area contributed by atoms with E-state index < -0.39 is 5.97 Å². The minimum absolute atomic E-state index is 0.316. The Kier molecular flexibility index (Phi) is 5.63. The average molecular weight is 252 g/mol. The lowest BCUT2D eigenvalue weighted by atomic mass is 10.1. The Morgan fingerprint density at radius 2 is 2.00 bits per heavy atom. The van der Waals surface area contributed by atoms with Crippen LogP contribution in [-0.4, -0.2) is 36.8 Å². The van der Waals surface area contributed by atoms with Crippen LogP contribution in [0.4, 0.5) is 0 Å². The number of hydrogen-bond donors (Lipinski definition) is 0. The summed E-state index contributed by atoms with van der Waals surface area (Å²) >= 11 is 0. The normalized spacial score (nSPS) is 10.9. The van der Waals surface area contributed by atoms with Crippen LogP contribution in [0.1, 0.15) is 12.5 Å². The Labute approximate surface area is 106 Å². The molecule has 0 spiro atoms. The maximum Gasteiger partial charge on any atom is 0.337 e. The Balaban J connectivity index is 2.75. The molecule has 6 nitrogen and oxygen atoms in total. The molecule has 0 aliphatic rings. The van der Waals surface area contributed by atoms with Gasteiger partial charge in [-0.25, -0.2) is 14.8 Å². The van der Waals surface area contributed by atoms with Gasteiger partial charge in [0.25, 0.3) is 0 Å². The third-order valence-corrected chi connectivity index (χ3v) is 2.06. The molecule has 1 rings (SSSR count). The van der Waals surface area contributed by atoms with E-state index in [-0.39, 0.29) is 0 Å². The van der Waals surface area contributed by atoms with E-state index in [1.165, 1.54) is 20.5 Å². The summed E-state index contributed by atoms with van der Waals surface area (Å²) in [5.74, 6) is -0.439. The van der Waals surface area contributed by atoms with Gasteiger partial charge in [-0.15, -0.1) is 0 Å². The van der Waals surface area contributed by atoms with Crippen LogP contribution in [0.5, 0.6) is 6.01 Å². The summed E-state index contributed by atoms with van der Waals surface area (Å²) in [5.41, 5.74) is 1.17. The smallest absolute Gasteiger partial charge is 0.337 e. The largest absolute Gasteiger partial charge is 0.504 e. The summed E-state index contributed by atoms with van der Waals surface area (Å²) in [6.07, 6.45) is 4.89. The Morgan fingerprint density at radius 1 is 1.33 bits per heavy atom. The molecule has 0 fully saturated rings. The second kappa shape index (κ2) is 7.26. The van der Waals surface area contributed by atoms with Gasteiger partial charge in [-0.2, -0.15) is 0 Å². The first-order valence-electron chi connectivity index (χ1n) is 5.45. The van der Waals surface area contributed by atoms with E-state index in [9.17, 15) is 4.79 Å². The van der Waals surface area contributed by atoms with Crippen LogP contribution < -0.4 is 4.74 Å². The monoisotopic (exact) mass is 252 g/mol.